The van der Waals surface area contributed by atoms with Crippen molar-refractivity contribution in [1.29, 1.82) is 0 Å². The number of hydrogen-bond donors (Lipinski definition) is 4. The van der Waals surface area contributed by atoms with Gasteiger partial charge < -0.3 is 20.5 Å². The highest BCUT2D eigenvalue weighted by Gasteiger charge is 2.60. The summed E-state index contributed by atoms with van der Waals surface area (Å²) in [6.07, 6.45) is -0.349. The largest absolute Gasteiger partial charge is 0.497 e. The van der Waals surface area contributed by atoms with Crippen LogP contribution in [0.2, 0.25) is 0 Å². The quantitative estimate of drug-likeness (QED) is 0.648. The first-order valence-corrected chi connectivity index (χ1v) is 9.27. The molecule has 0 aromatic heterocycles. The number of nitrogens with one attached hydrogen (secondary N) is 3. The van der Waals surface area contributed by atoms with Crippen molar-refractivity contribution in [2.45, 2.75) is 31.0 Å². The van der Waals surface area contributed by atoms with E-state index in [1.165, 1.54) is 0 Å². The topological polar surface area (TPSA) is 99.7 Å². The zero-order chi connectivity index (χ0) is 19.9. The van der Waals surface area contributed by atoms with Crippen LogP contribution in [0.25, 0.3) is 0 Å². The van der Waals surface area contributed by atoms with Crippen LogP contribution in [-0.2, 0) is 15.1 Å². The number of hydrogen-bond acceptors (Lipinski definition) is 5. The molecule has 1 fully saturated rings. The second-order valence-electron chi connectivity index (χ2n) is 7.31. The average molecular weight is 381 g/mol. The molecule has 2 aromatic carbocycles. The number of carbonyl (C=O) groups excluding carboxylic acids is 2. The Kier molecular flexibility index (Phi) is 4.56. The minimum Gasteiger partial charge on any atom is -0.497 e. The maximum absolute atomic E-state index is 13.2. The Morgan fingerprint density at radius 3 is 2.64 bits per heavy atom. The van der Waals surface area contributed by atoms with E-state index in [2.05, 4.69) is 16.0 Å². The summed E-state index contributed by atoms with van der Waals surface area (Å²) in [5.74, 6) is -0.521. The van der Waals surface area contributed by atoms with Crippen LogP contribution in [0, 0.1) is 5.92 Å². The van der Waals surface area contributed by atoms with Gasteiger partial charge in [0.15, 0.2) is 0 Å². The molecule has 2 aliphatic heterocycles. The van der Waals surface area contributed by atoms with Gasteiger partial charge in [-0.15, -0.1) is 0 Å². The van der Waals surface area contributed by atoms with Crippen molar-refractivity contribution in [3.63, 3.8) is 0 Å². The zero-order valence-corrected chi connectivity index (χ0v) is 15.7. The van der Waals surface area contributed by atoms with Gasteiger partial charge in [0.25, 0.3) is 0 Å². The number of aliphatic hydroxyl groups is 1. The Hall–Kier alpha value is -2.90. The Labute approximate surface area is 163 Å². The number of fused-ring (bicyclic) bond motifs is 2. The second kappa shape index (κ2) is 6.92. The first-order valence-electron chi connectivity index (χ1n) is 9.27. The third-order valence-corrected chi connectivity index (χ3v) is 5.64. The maximum Gasteiger partial charge on any atom is 0.250 e. The number of aliphatic hydroxyl groups excluding tert-OH is 1. The first-order chi connectivity index (χ1) is 13.5. The lowest BCUT2D eigenvalue weighted by atomic mass is 9.79. The van der Waals surface area contributed by atoms with Gasteiger partial charge in [0.05, 0.1) is 19.1 Å². The molecule has 0 saturated carbocycles. The summed E-state index contributed by atoms with van der Waals surface area (Å²) in [4.78, 5) is 26.2. The van der Waals surface area contributed by atoms with Crippen LogP contribution >= 0.6 is 0 Å². The third kappa shape index (κ3) is 2.83. The molecule has 28 heavy (non-hydrogen) atoms. The lowest BCUT2D eigenvalue weighted by Gasteiger charge is -2.29. The van der Waals surface area contributed by atoms with Crippen molar-refractivity contribution in [3.05, 3.63) is 54.1 Å². The molecule has 7 nitrogen and oxygen atoms in total. The minimum absolute atomic E-state index is 0.271. The minimum atomic E-state index is -1.20. The summed E-state index contributed by atoms with van der Waals surface area (Å²) in [6, 6.07) is 14.0. The van der Waals surface area contributed by atoms with Crippen molar-refractivity contribution in [3.8, 4) is 5.75 Å². The fraction of sp³-hybridized carbons (Fsp3) is 0.333. The Morgan fingerprint density at radius 2 is 1.96 bits per heavy atom. The molecule has 0 bridgehead atoms. The van der Waals surface area contributed by atoms with Crippen molar-refractivity contribution in [2.75, 3.05) is 17.7 Å². The molecule has 146 valence electrons. The highest BCUT2D eigenvalue weighted by molar-refractivity contribution is 6.10. The molecule has 0 unspecified atom stereocenters. The number of ether oxygens (including phenoxy) is 1. The lowest BCUT2D eigenvalue weighted by molar-refractivity contribution is -0.130. The summed E-state index contributed by atoms with van der Waals surface area (Å²) in [7, 11) is 1.58. The molecule has 2 amide bonds. The zero-order valence-electron chi connectivity index (χ0n) is 15.7. The Morgan fingerprint density at radius 1 is 1.25 bits per heavy atom. The van der Waals surface area contributed by atoms with Crippen LogP contribution < -0.4 is 20.7 Å². The normalized spacial score (nSPS) is 26.6. The van der Waals surface area contributed by atoms with Crippen molar-refractivity contribution in [1.82, 2.24) is 5.32 Å². The number of rotatable bonds is 4. The van der Waals surface area contributed by atoms with Gasteiger partial charge in [0.2, 0.25) is 11.8 Å². The predicted octanol–water partition coefficient (Wildman–Crippen LogP) is 1.84. The number of carbonyl (C=O) groups is 2. The number of methoxy groups -OCH3 is 1. The van der Waals surface area contributed by atoms with Crippen LogP contribution in [-0.4, -0.2) is 36.2 Å². The number of amides is 2. The van der Waals surface area contributed by atoms with Crippen LogP contribution in [0.4, 0.5) is 11.4 Å². The van der Waals surface area contributed by atoms with E-state index < -0.39 is 17.6 Å². The van der Waals surface area contributed by atoms with Gasteiger partial charge in [-0.2, -0.15) is 0 Å². The van der Waals surface area contributed by atoms with Gasteiger partial charge >= 0.3 is 0 Å². The fourth-order valence-corrected chi connectivity index (χ4v) is 4.18. The van der Waals surface area contributed by atoms with Gasteiger partial charge in [0, 0.05) is 23.0 Å². The van der Waals surface area contributed by atoms with E-state index in [1.807, 2.05) is 24.3 Å². The number of benzene rings is 2. The molecular formula is C21H23N3O4. The van der Waals surface area contributed by atoms with Crippen LogP contribution in [0.1, 0.15) is 18.9 Å². The molecule has 4 N–H and O–H groups in total. The van der Waals surface area contributed by atoms with E-state index in [9.17, 15) is 14.7 Å². The third-order valence-electron chi connectivity index (χ3n) is 5.64. The highest BCUT2D eigenvalue weighted by atomic mass is 16.5. The molecule has 2 aliphatic rings. The Bertz CT molecular complexity index is 912. The average Bonchev–Trinajstić information content (AvgIpc) is 3.23. The van der Waals surface area contributed by atoms with Crippen LogP contribution in [0.15, 0.2) is 48.5 Å². The molecular weight excluding hydrogens is 358 g/mol. The van der Waals surface area contributed by atoms with Gasteiger partial charge in [-0.3, -0.25) is 14.9 Å². The van der Waals surface area contributed by atoms with Gasteiger partial charge in [0.1, 0.15) is 11.3 Å². The van der Waals surface area contributed by atoms with Gasteiger partial charge in [-0.1, -0.05) is 18.2 Å². The molecule has 2 heterocycles. The van der Waals surface area contributed by atoms with Crippen molar-refractivity contribution >= 4 is 23.2 Å². The standard InChI is InChI=1S/C21H23N3O4/c1-12(25)18-11-16(19(26)22-13-7-9-14(28-2)10-8-13)21(24-18)15-5-3-4-6-17(15)23-20(21)27/h3-10,12,16,18,24-25H,11H2,1-2H3,(H,22,26)(H,23,27)/t12-,16+,18-,21+/m1/s1. The molecule has 1 spiro atoms. The van der Waals surface area contributed by atoms with E-state index in [0.717, 1.165) is 5.56 Å². The summed E-state index contributed by atoms with van der Waals surface area (Å²) in [5, 5.41) is 19.2. The van der Waals surface area contributed by atoms with E-state index in [4.69, 9.17) is 4.74 Å². The smallest absolute Gasteiger partial charge is 0.250 e. The Balaban J connectivity index is 1.69. The van der Waals surface area contributed by atoms with E-state index in [1.54, 1.807) is 38.3 Å². The predicted molar refractivity (Wildman–Crippen MR) is 105 cm³/mol. The molecule has 0 aliphatic carbocycles. The lowest BCUT2D eigenvalue weighted by Crippen LogP contribution is -2.53. The van der Waals surface area contributed by atoms with Gasteiger partial charge in [-0.05, 0) is 43.7 Å². The SMILES string of the molecule is COc1ccc(NC(=O)[C@@H]2C[C@H]([C@@H](C)O)N[C@]23C(=O)Nc2ccccc23)cc1. The number of para-hydroxylation sites is 1. The summed E-state index contributed by atoms with van der Waals surface area (Å²) in [6.45, 7) is 1.66. The molecule has 7 heteroatoms. The summed E-state index contributed by atoms with van der Waals surface area (Å²) < 4.78 is 5.14. The second-order valence-corrected chi connectivity index (χ2v) is 7.31. The van der Waals surface area contributed by atoms with E-state index in [-0.39, 0.29) is 17.9 Å². The highest BCUT2D eigenvalue weighted by Crippen LogP contribution is 2.47. The summed E-state index contributed by atoms with van der Waals surface area (Å²) in [5.41, 5.74) is 0.842. The van der Waals surface area contributed by atoms with Crippen LogP contribution in [0.5, 0.6) is 5.75 Å². The molecule has 4 rings (SSSR count). The molecule has 2 aromatic rings. The first kappa shape index (κ1) is 18.5. The number of anilines is 2. The van der Waals surface area contributed by atoms with E-state index >= 15 is 0 Å². The monoisotopic (exact) mass is 381 g/mol. The molecule has 4 atom stereocenters. The fourth-order valence-electron chi connectivity index (χ4n) is 4.18. The van der Waals surface area contributed by atoms with Crippen molar-refractivity contribution in [2.24, 2.45) is 5.92 Å². The van der Waals surface area contributed by atoms with Crippen molar-refractivity contribution < 1.29 is 19.4 Å². The van der Waals surface area contributed by atoms with Gasteiger partial charge in [-0.25, -0.2) is 0 Å². The van der Waals surface area contributed by atoms with Crippen LogP contribution in [0.3, 0.4) is 0 Å². The van der Waals surface area contributed by atoms with E-state index in [0.29, 0.717) is 23.5 Å². The maximum atomic E-state index is 13.2. The molecule has 1 saturated heterocycles. The molecule has 0 radical (unpaired) electrons. The summed E-state index contributed by atoms with van der Waals surface area (Å²) >= 11 is 0.